The van der Waals surface area contributed by atoms with Gasteiger partial charge in [-0.1, -0.05) is 48.0 Å². The quantitative estimate of drug-likeness (QED) is 0.242. The fraction of sp³-hybridized carbons (Fsp3) is 0.500. The van der Waals surface area contributed by atoms with Crippen molar-refractivity contribution in [2.24, 2.45) is 0 Å². The van der Waals surface area contributed by atoms with Crippen molar-refractivity contribution in [3.05, 3.63) is 65.6 Å². The lowest BCUT2D eigenvalue weighted by molar-refractivity contribution is -0.178. The van der Waals surface area contributed by atoms with Crippen LogP contribution in [0.5, 0.6) is 6.01 Å². The normalized spacial score (nSPS) is 26.1. The van der Waals surface area contributed by atoms with E-state index >= 15 is 4.39 Å². The van der Waals surface area contributed by atoms with Gasteiger partial charge in [-0.2, -0.15) is 9.97 Å². The zero-order chi connectivity index (χ0) is 37.0. The van der Waals surface area contributed by atoms with Gasteiger partial charge in [-0.15, -0.1) is 0 Å². The lowest BCUT2D eigenvalue weighted by atomic mass is 9.91. The van der Waals surface area contributed by atoms with Crippen LogP contribution in [0.25, 0.3) is 32.9 Å². The van der Waals surface area contributed by atoms with Crippen molar-refractivity contribution in [1.29, 1.82) is 0 Å². The predicted molar refractivity (Wildman–Crippen MR) is 202 cm³/mol. The predicted octanol–water partition coefficient (Wildman–Crippen LogP) is 5.29. The first-order valence-corrected chi connectivity index (χ1v) is 19.3. The van der Waals surface area contributed by atoms with Gasteiger partial charge >= 0.3 is 6.01 Å². The highest BCUT2D eigenvalue weighted by Crippen LogP contribution is 2.39. The number of carbonyl (C=O) groups excluding carboxylic acids is 1. The molecule has 2 aromatic heterocycles. The van der Waals surface area contributed by atoms with Gasteiger partial charge in [-0.3, -0.25) is 19.6 Å². The Labute approximate surface area is 317 Å². The highest BCUT2D eigenvalue weighted by molar-refractivity contribution is 6.36. The smallest absolute Gasteiger partial charge is 0.318 e. The molecule has 2 aromatic carbocycles. The first kappa shape index (κ1) is 35.7. The molecule has 0 N–H and O–H groups in total. The summed E-state index contributed by atoms with van der Waals surface area (Å²) in [5.41, 5.74) is 0.309. The van der Waals surface area contributed by atoms with Gasteiger partial charge < -0.3 is 24.0 Å². The molecule has 4 aromatic rings. The zero-order valence-corrected chi connectivity index (χ0v) is 31.1. The number of carbonyl (C=O) groups is 1. The molecule has 54 heavy (non-hydrogen) atoms. The van der Waals surface area contributed by atoms with Crippen LogP contribution in [0.2, 0.25) is 5.02 Å². The zero-order valence-electron chi connectivity index (χ0n) is 30.3. The molecule has 0 saturated carbocycles. The van der Waals surface area contributed by atoms with Gasteiger partial charge in [0, 0.05) is 86.5 Å². The van der Waals surface area contributed by atoms with Crippen molar-refractivity contribution < 1.29 is 27.8 Å². The van der Waals surface area contributed by atoms with Crippen LogP contribution >= 0.6 is 11.6 Å². The molecule has 0 radical (unpaired) electrons. The molecular weight excluding hydrogens is 716 g/mol. The number of benzene rings is 2. The third-order valence-electron chi connectivity index (χ3n) is 11.8. The number of amides is 1. The maximum absolute atomic E-state index is 16.4. The summed E-state index contributed by atoms with van der Waals surface area (Å²) in [4.78, 5) is 35.6. The Bertz CT molecular complexity index is 2070. The number of hydrogen-bond donors (Lipinski definition) is 0. The average Bonchev–Trinajstić information content (AvgIpc) is 3.75. The van der Waals surface area contributed by atoms with Crippen molar-refractivity contribution in [3.63, 3.8) is 0 Å². The number of morpholine rings is 1. The van der Waals surface area contributed by atoms with Crippen LogP contribution in [0, 0.1) is 5.82 Å². The van der Waals surface area contributed by atoms with E-state index in [9.17, 15) is 9.18 Å². The van der Waals surface area contributed by atoms with Gasteiger partial charge in [-0.05, 0) is 37.3 Å². The molecule has 0 aliphatic carbocycles. The SMILES string of the molecule is COc1nc(N2CCN(C(=O)/C=C/CN3CC4CC(C3)O4)C3(COC3)C2)c2cnc(-c3cccc4cccc(Cl)c34)c(F)c2n1.FC1CC2CCCN2C1. The van der Waals surface area contributed by atoms with Crippen molar-refractivity contribution in [1.82, 2.24) is 29.7 Å². The maximum Gasteiger partial charge on any atom is 0.318 e. The summed E-state index contributed by atoms with van der Waals surface area (Å²) in [6.45, 7) is 6.65. The summed E-state index contributed by atoms with van der Waals surface area (Å²) in [6, 6.07) is 11.8. The molecule has 7 aliphatic heterocycles. The second kappa shape index (κ2) is 14.6. The van der Waals surface area contributed by atoms with E-state index < -0.39 is 17.5 Å². The van der Waals surface area contributed by atoms with E-state index in [0.717, 1.165) is 49.8 Å². The Morgan fingerprint density at radius 3 is 2.61 bits per heavy atom. The monoisotopic (exact) mass is 759 g/mol. The fourth-order valence-electron chi connectivity index (χ4n) is 9.13. The Morgan fingerprint density at radius 1 is 1.07 bits per heavy atom. The molecule has 4 unspecified atom stereocenters. The highest BCUT2D eigenvalue weighted by Gasteiger charge is 2.50. The van der Waals surface area contributed by atoms with Gasteiger partial charge in [-0.25, -0.2) is 8.78 Å². The van der Waals surface area contributed by atoms with Crippen molar-refractivity contribution in [2.45, 2.75) is 55.6 Å². The average molecular weight is 760 g/mol. The molecule has 7 aliphatic rings. The number of anilines is 1. The van der Waals surface area contributed by atoms with E-state index in [1.54, 1.807) is 24.4 Å². The minimum Gasteiger partial charge on any atom is -0.467 e. The van der Waals surface area contributed by atoms with E-state index in [1.807, 2.05) is 35.2 Å². The number of pyridine rings is 1. The van der Waals surface area contributed by atoms with Crippen LogP contribution in [0.3, 0.4) is 0 Å². The van der Waals surface area contributed by atoms with Crippen LogP contribution in [-0.4, -0.2) is 138 Å². The number of nitrogens with zero attached hydrogens (tertiary/aromatic N) is 7. The summed E-state index contributed by atoms with van der Waals surface area (Å²) in [7, 11) is 1.46. The topological polar surface area (TPSA) is 96.4 Å². The molecule has 1 spiro atoms. The summed E-state index contributed by atoms with van der Waals surface area (Å²) in [6.07, 6.45) is 9.86. The molecule has 7 saturated heterocycles. The number of piperidine rings is 1. The third-order valence-corrected chi connectivity index (χ3v) is 12.1. The van der Waals surface area contributed by atoms with E-state index in [0.29, 0.717) is 79.4 Å². The van der Waals surface area contributed by atoms with Crippen molar-refractivity contribution >= 4 is 45.0 Å². The second-order valence-electron chi connectivity index (χ2n) is 15.3. The number of methoxy groups -OCH3 is 1. The number of alkyl halides is 1. The van der Waals surface area contributed by atoms with Crippen LogP contribution in [-0.2, 0) is 14.3 Å². The summed E-state index contributed by atoms with van der Waals surface area (Å²) < 4.78 is 45.8. The van der Waals surface area contributed by atoms with E-state index in [1.165, 1.54) is 20.0 Å². The molecule has 11 rings (SSSR count). The molecule has 4 atom stereocenters. The standard InChI is InChI=1S/C33H32ClFN6O4.C7H12FN/c1-43-32-37-30-24(14-36-29(28(30)35)23-7-2-5-20-6-3-8-25(34)27(20)23)31(38-32)40-11-12-41(33(17-40)18-44-19-33)26(42)9-4-10-39-15-21-13-22(16-39)45-21;8-6-4-7-2-1-3-9(7)5-6/h2-9,14,21-22H,10-13,15-19H2,1H3;6-7H,1-5H2/b9-4+;. The number of piperazine rings is 1. The van der Waals surface area contributed by atoms with Crippen molar-refractivity contribution in [3.8, 4) is 17.3 Å². The first-order chi connectivity index (χ1) is 26.3. The Kier molecular flexibility index (Phi) is 9.63. The third kappa shape index (κ3) is 6.57. The maximum atomic E-state index is 16.4. The van der Waals surface area contributed by atoms with Gasteiger partial charge in [0.05, 0.1) is 37.9 Å². The Hall–Kier alpha value is -4.01. The number of halogens is 3. The molecule has 14 heteroatoms. The summed E-state index contributed by atoms with van der Waals surface area (Å²) in [5, 5.41) is 2.58. The molecule has 1 amide bonds. The van der Waals surface area contributed by atoms with Crippen LogP contribution < -0.4 is 9.64 Å². The van der Waals surface area contributed by atoms with Crippen LogP contribution in [0.15, 0.2) is 54.7 Å². The minimum atomic E-state index is -0.583. The minimum absolute atomic E-state index is 0.0346. The summed E-state index contributed by atoms with van der Waals surface area (Å²) in [5.74, 6) is -0.113. The van der Waals surface area contributed by atoms with E-state index in [4.69, 9.17) is 25.8 Å². The van der Waals surface area contributed by atoms with E-state index in [-0.39, 0.29) is 23.1 Å². The molecular formula is C40H44ClF2N7O4. The molecule has 11 nitrogen and oxygen atoms in total. The second-order valence-corrected chi connectivity index (χ2v) is 15.8. The molecule has 284 valence electrons. The van der Waals surface area contributed by atoms with Gasteiger partial charge in [0.15, 0.2) is 5.82 Å². The largest absolute Gasteiger partial charge is 0.467 e. The van der Waals surface area contributed by atoms with Gasteiger partial charge in [0.25, 0.3) is 0 Å². The van der Waals surface area contributed by atoms with Crippen LogP contribution in [0.1, 0.15) is 25.7 Å². The number of ether oxygens (including phenoxy) is 3. The Morgan fingerprint density at radius 2 is 1.87 bits per heavy atom. The Balaban J connectivity index is 0.000000372. The number of fused-ring (bicyclic) bond motifs is 5. The van der Waals surface area contributed by atoms with Crippen molar-refractivity contribution in [2.75, 3.05) is 77.6 Å². The highest BCUT2D eigenvalue weighted by atomic mass is 35.5. The number of rotatable bonds is 6. The number of aromatic nitrogens is 3. The first-order valence-electron chi connectivity index (χ1n) is 18.9. The molecule has 7 fully saturated rings. The van der Waals surface area contributed by atoms with Crippen LogP contribution in [0.4, 0.5) is 14.6 Å². The fourth-order valence-corrected chi connectivity index (χ4v) is 9.41. The van der Waals surface area contributed by atoms with Gasteiger partial charge in [0.1, 0.15) is 28.7 Å². The summed E-state index contributed by atoms with van der Waals surface area (Å²) >= 11 is 6.56. The lowest BCUT2D eigenvalue weighted by Crippen LogP contribution is -2.72. The molecule has 2 bridgehead atoms. The molecule has 9 heterocycles. The lowest BCUT2D eigenvalue weighted by Gasteiger charge is -2.55. The number of hydrogen-bond acceptors (Lipinski definition) is 10. The van der Waals surface area contributed by atoms with E-state index in [2.05, 4.69) is 29.7 Å². The van der Waals surface area contributed by atoms with Gasteiger partial charge in [0.2, 0.25) is 5.91 Å².